The van der Waals surface area contributed by atoms with Gasteiger partial charge >= 0.3 is 6.36 Å². The molecule has 20 heavy (non-hydrogen) atoms. The molecule has 2 aromatic rings. The number of nitrogens with one attached hydrogen (secondary N) is 1. The molecule has 0 saturated heterocycles. The fraction of sp³-hybridized carbons (Fsp3) is 0.273. The minimum atomic E-state index is -4.78. The Morgan fingerprint density at radius 3 is 2.75 bits per heavy atom. The number of nitrogens with zero attached hydrogens (tertiary/aromatic N) is 2. The number of ether oxygens (including phenoxy) is 1. The van der Waals surface area contributed by atoms with Crippen LogP contribution < -0.4 is 4.74 Å². The van der Waals surface area contributed by atoms with E-state index in [0.29, 0.717) is 16.7 Å². The quantitative estimate of drug-likeness (QED) is 0.828. The normalized spacial score (nSPS) is 11.7. The molecule has 0 fully saturated rings. The number of aromatic amines is 1. The monoisotopic (exact) mass is 367 g/mol. The lowest BCUT2D eigenvalue weighted by atomic mass is 10.3. The molecule has 0 saturated carbocycles. The van der Waals surface area contributed by atoms with Crippen molar-refractivity contribution in [2.45, 2.75) is 19.7 Å². The summed E-state index contributed by atoms with van der Waals surface area (Å²) in [4.78, 5) is 0. The van der Waals surface area contributed by atoms with Gasteiger partial charge in [0.15, 0.2) is 10.5 Å². The summed E-state index contributed by atoms with van der Waals surface area (Å²) < 4.78 is 43.6. The van der Waals surface area contributed by atoms with E-state index >= 15 is 0 Å². The number of aryl methyl sites for hydroxylation is 1. The highest BCUT2D eigenvalue weighted by atomic mass is 79.9. The predicted octanol–water partition coefficient (Wildman–Crippen LogP) is 4.15. The van der Waals surface area contributed by atoms with Gasteiger partial charge in [0, 0.05) is 10.9 Å². The maximum absolute atomic E-state index is 12.5. The second-order valence-electron chi connectivity index (χ2n) is 3.79. The van der Waals surface area contributed by atoms with Crippen LogP contribution in [0.3, 0.4) is 0 Å². The van der Waals surface area contributed by atoms with Gasteiger partial charge in [-0.05, 0) is 30.4 Å². The van der Waals surface area contributed by atoms with Crippen LogP contribution in [0.2, 0.25) is 0 Å². The van der Waals surface area contributed by atoms with E-state index in [9.17, 15) is 13.2 Å². The molecule has 1 heterocycles. The average Bonchev–Trinajstić information content (AvgIpc) is 2.69. The van der Waals surface area contributed by atoms with Crippen LogP contribution in [0, 0.1) is 4.77 Å². The highest BCUT2D eigenvalue weighted by Crippen LogP contribution is 2.32. The minimum absolute atomic E-state index is 0.182. The highest BCUT2D eigenvalue weighted by Gasteiger charge is 2.32. The predicted molar refractivity (Wildman–Crippen MR) is 72.5 cm³/mol. The second kappa shape index (κ2) is 5.57. The van der Waals surface area contributed by atoms with Gasteiger partial charge in [-0.25, -0.2) is 0 Å². The maximum atomic E-state index is 12.5. The Hall–Kier alpha value is -1.35. The summed E-state index contributed by atoms with van der Waals surface area (Å²) >= 11 is 8.17. The van der Waals surface area contributed by atoms with Crippen molar-refractivity contribution in [2.75, 3.05) is 0 Å². The number of hydrogen-bond acceptors (Lipinski definition) is 3. The molecule has 2 rings (SSSR count). The molecule has 1 N–H and O–H groups in total. The first-order valence-corrected chi connectivity index (χ1v) is 6.74. The molecule has 0 aliphatic carbocycles. The Kier molecular flexibility index (Phi) is 4.19. The number of hydrogen-bond donors (Lipinski definition) is 1. The fourth-order valence-electron chi connectivity index (χ4n) is 1.69. The summed E-state index contributed by atoms with van der Waals surface area (Å²) in [5, 5.41) is 6.53. The maximum Gasteiger partial charge on any atom is 0.573 e. The molecule has 0 aliphatic rings. The van der Waals surface area contributed by atoms with E-state index in [-0.39, 0.29) is 16.2 Å². The zero-order chi connectivity index (χ0) is 14.9. The van der Waals surface area contributed by atoms with Crippen LogP contribution in [0.25, 0.3) is 5.69 Å². The van der Waals surface area contributed by atoms with E-state index in [1.165, 1.54) is 16.7 Å². The van der Waals surface area contributed by atoms with Crippen LogP contribution in [-0.4, -0.2) is 21.1 Å². The zero-order valence-corrected chi connectivity index (χ0v) is 12.6. The molecule has 0 radical (unpaired) electrons. The Morgan fingerprint density at radius 1 is 1.45 bits per heavy atom. The van der Waals surface area contributed by atoms with Crippen LogP contribution in [-0.2, 0) is 6.42 Å². The van der Waals surface area contributed by atoms with Crippen LogP contribution in [0.5, 0.6) is 5.75 Å². The van der Waals surface area contributed by atoms with Crippen LogP contribution in [0.15, 0.2) is 22.7 Å². The van der Waals surface area contributed by atoms with Gasteiger partial charge in [-0.2, -0.15) is 5.10 Å². The van der Waals surface area contributed by atoms with E-state index < -0.39 is 6.36 Å². The van der Waals surface area contributed by atoms with Crippen LogP contribution in [0.4, 0.5) is 13.2 Å². The lowest BCUT2D eigenvalue weighted by molar-refractivity contribution is -0.274. The fourth-order valence-corrected chi connectivity index (χ4v) is 2.28. The molecule has 0 bridgehead atoms. The van der Waals surface area contributed by atoms with Crippen molar-refractivity contribution in [3.63, 3.8) is 0 Å². The van der Waals surface area contributed by atoms with E-state index in [1.54, 1.807) is 6.07 Å². The molecule has 4 nitrogen and oxygen atoms in total. The third kappa shape index (κ3) is 3.21. The molecule has 0 atom stereocenters. The molecule has 9 heteroatoms. The number of alkyl halides is 3. The third-order valence-corrected chi connectivity index (χ3v) is 3.21. The van der Waals surface area contributed by atoms with Gasteiger partial charge in [-0.15, -0.1) is 13.2 Å². The average molecular weight is 368 g/mol. The first-order valence-electron chi connectivity index (χ1n) is 5.54. The molecule has 0 amide bonds. The summed E-state index contributed by atoms with van der Waals surface area (Å²) in [7, 11) is 0. The molecule has 0 aliphatic heterocycles. The number of H-pyrrole nitrogens is 1. The summed E-state index contributed by atoms with van der Waals surface area (Å²) in [6, 6.07) is 4.32. The summed E-state index contributed by atoms with van der Waals surface area (Å²) in [5.41, 5.74) is 0.182. The van der Waals surface area contributed by atoms with Crippen LogP contribution in [0.1, 0.15) is 12.7 Å². The first kappa shape index (κ1) is 15.0. The number of benzene rings is 1. The van der Waals surface area contributed by atoms with E-state index in [4.69, 9.17) is 12.2 Å². The summed E-state index contributed by atoms with van der Waals surface area (Å²) in [6.07, 6.45) is -4.28. The molecule has 1 aromatic heterocycles. The first-order chi connectivity index (χ1) is 9.31. The third-order valence-electron chi connectivity index (χ3n) is 2.45. The molecular weight excluding hydrogens is 359 g/mol. The molecule has 108 valence electrons. The smallest absolute Gasteiger partial charge is 0.403 e. The van der Waals surface area contributed by atoms with Gasteiger partial charge < -0.3 is 4.74 Å². The second-order valence-corrected chi connectivity index (χ2v) is 5.10. The topological polar surface area (TPSA) is 42.8 Å². The number of rotatable bonds is 3. The van der Waals surface area contributed by atoms with Gasteiger partial charge in [-0.1, -0.05) is 22.9 Å². The zero-order valence-electron chi connectivity index (χ0n) is 10.2. The number of halogens is 4. The van der Waals surface area contributed by atoms with Gasteiger partial charge in [0.2, 0.25) is 0 Å². The summed E-state index contributed by atoms with van der Waals surface area (Å²) in [6.45, 7) is 1.82. The van der Waals surface area contributed by atoms with Crippen molar-refractivity contribution in [1.29, 1.82) is 0 Å². The SMILES string of the molecule is CCc1n[nH]c(=S)n1-c1ccc(Br)cc1OC(F)(F)F. The molecule has 0 unspecified atom stereocenters. The standard InChI is InChI=1S/C11H9BrF3N3OS/c1-2-9-16-17-10(20)18(9)7-4-3-6(12)5-8(7)19-11(13,14)15/h3-5H,2H2,1H3,(H,17,20). The van der Waals surface area contributed by atoms with E-state index in [1.807, 2.05) is 6.92 Å². The molecular formula is C11H9BrF3N3OS. The molecule has 0 spiro atoms. The minimum Gasteiger partial charge on any atom is -0.403 e. The summed E-state index contributed by atoms with van der Waals surface area (Å²) in [5.74, 6) is 0.170. The van der Waals surface area contributed by atoms with Crippen molar-refractivity contribution in [1.82, 2.24) is 14.8 Å². The van der Waals surface area contributed by atoms with Crippen molar-refractivity contribution in [3.8, 4) is 11.4 Å². The van der Waals surface area contributed by atoms with E-state index in [2.05, 4.69) is 30.9 Å². The van der Waals surface area contributed by atoms with E-state index in [0.717, 1.165) is 0 Å². The Bertz CT molecular complexity index is 680. The Labute approximate surface area is 125 Å². The van der Waals surface area contributed by atoms with Gasteiger partial charge in [0.25, 0.3) is 0 Å². The van der Waals surface area contributed by atoms with Crippen LogP contribution >= 0.6 is 28.1 Å². The van der Waals surface area contributed by atoms with Gasteiger partial charge in [0.05, 0.1) is 5.69 Å². The van der Waals surface area contributed by atoms with Crippen molar-refractivity contribution in [2.24, 2.45) is 0 Å². The van der Waals surface area contributed by atoms with Gasteiger partial charge in [-0.3, -0.25) is 9.67 Å². The number of aromatic nitrogens is 3. The van der Waals surface area contributed by atoms with Gasteiger partial charge in [0.1, 0.15) is 5.82 Å². The Morgan fingerprint density at radius 2 is 2.15 bits per heavy atom. The highest BCUT2D eigenvalue weighted by molar-refractivity contribution is 9.10. The van der Waals surface area contributed by atoms with Crippen molar-refractivity contribution >= 4 is 28.1 Å². The Balaban J connectivity index is 2.62. The van der Waals surface area contributed by atoms with Crippen molar-refractivity contribution < 1.29 is 17.9 Å². The van der Waals surface area contributed by atoms with Crippen molar-refractivity contribution in [3.05, 3.63) is 33.3 Å². The largest absolute Gasteiger partial charge is 0.573 e. The molecule has 1 aromatic carbocycles. The lowest BCUT2D eigenvalue weighted by Gasteiger charge is -2.15. The lowest BCUT2D eigenvalue weighted by Crippen LogP contribution is -2.18.